The second kappa shape index (κ2) is 14.1. The van der Waals surface area contributed by atoms with Crippen LogP contribution in [0.5, 0.6) is 0 Å². The van der Waals surface area contributed by atoms with E-state index < -0.39 is 5.41 Å². The molecule has 296 valence electrons. The van der Waals surface area contributed by atoms with Crippen LogP contribution in [0.15, 0.2) is 241 Å². The Labute approximate surface area is 367 Å². The second-order valence-electron chi connectivity index (χ2n) is 17.0. The predicted molar refractivity (Wildman–Crippen MR) is 260 cm³/mol. The Hall–Kier alpha value is -7.94. The molecule has 63 heavy (non-hydrogen) atoms. The summed E-state index contributed by atoms with van der Waals surface area (Å²) in [4.78, 5) is 2.51. The molecule has 2 heteroatoms. The number of anilines is 3. The first kappa shape index (κ1) is 35.8. The van der Waals surface area contributed by atoms with Gasteiger partial charge in [0.2, 0.25) is 0 Å². The van der Waals surface area contributed by atoms with Gasteiger partial charge in [0.15, 0.2) is 0 Å². The lowest BCUT2D eigenvalue weighted by molar-refractivity contribution is 0.669. The molecule has 0 amide bonds. The predicted octanol–water partition coefficient (Wildman–Crippen LogP) is 16.1. The Bertz CT molecular complexity index is 3400. The van der Waals surface area contributed by atoms with E-state index in [1.165, 1.54) is 66.8 Å². The first-order valence-corrected chi connectivity index (χ1v) is 22.0. The monoisotopic (exact) mass is 803 g/mol. The summed E-state index contributed by atoms with van der Waals surface area (Å²) in [5.41, 5.74) is 19.5. The van der Waals surface area contributed by atoms with Crippen molar-refractivity contribution < 1.29 is 4.42 Å². The summed E-state index contributed by atoms with van der Waals surface area (Å²) in [7, 11) is 0. The molecule has 2 nitrogen and oxygen atoms in total. The third-order valence-corrected chi connectivity index (χ3v) is 13.9. The molecule has 1 aromatic heterocycles. The normalized spacial score (nSPS) is 17.8. The van der Waals surface area contributed by atoms with Gasteiger partial charge in [-0.15, -0.1) is 0 Å². The number of nitrogens with zero attached hydrogens (tertiary/aromatic N) is 1. The Morgan fingerprint density at radius 2 is 0.952 bits per heavy atom. The van der Waals surface area contributed by atoms with Gasteiger partial charge < -0.3 is 9.32 Å². The number of furan rings is 1. The summed E-state index contributed by atoms with van der Waals surface area (Å²) in [5, 5.41) is 2.29. The zero-order valence-electron chi connectivity index (χ0n) is 34.5. The molecule has 3 atom stereocenters. The minimum atomic E-state index is -0.663. The van der Waals surface area contributed by atoms with Crippen molar-refractivity contribution in [1.29, 1.82) is 0 Å². The maximum Gasteiger partial charge on any atom is 0.143 e. The summed E-state index contributed by atoms with van der Waals surface area (Å²) in [6.07, 6.45) is 9.33. The number of para-hydroxylation sites is 3. The van der Waals surface area contributed by atoms with Gasteiger partial charge in [0.1, 0.15) is 11.2 Å². The smallest absolute Gasteiger partial charge is 0.143 e. The first-order chi connectivity index (χ1) is 31.3. The first-order valence-electron chi connectivity index (χ1n) is 22.0. The van der Waals surface area contributed by atoms with E-state index in [4.69, 9.17) is 4.42 Å². The van der Waals surface area contributed by atoms with Crippen LogP contribution in [0.25, 0.3) is 55.3 Å². The molecule has 0 radical (unpaired) electrons. The lowest BCUT2D eigenvalue weighted by Crippen LogP contribution is -2.30. The number of hydrogen-bond donors (Lipinski definition) is 0. The van der Waals surface area contributed by atoms with E-state index in [0.717, 1.165) is 39.0 Å². The van der Waals surface area contributed by atoms with E-state index in [0.29, 0.717) is 0 Å². The maximum atomic E-state index is 6.95. The van der Waals surface area contributed by atoms with Crippen LogP contribution in [-0.2, 0) is 5.41 Å². The summed E-state index contributed by atoms with van der Waals surface area (Å²) in [6.45, 7) is 0. The largest absolute Gasteiger partial charge is 0.455 e. The molecule has 0 saturated heterocycles. The fourth-order valence-electron chi connectivity index (χ4n) is 11.4. The van der Waals surface area contributed by atoms with Gasteiger partial charge in [-0.05, 0) is 80.4 Å². The van der Waals surface area contributed by atoms with Crippen LogP contribution in [0.4, 0.5) is 17.1 Å². The average Bonchev–Trinajstić information content (AvgIpc) is 3.86. The van der Waals surface area contributed by atoms with E-state index in [2.05, 4.69) is 242 Å². The highest BCUT2D eigenvalue weighted by Gasteiger charge is 2.52. The molecule has 0 aliphatic heterocycles. The van der Waals surface area contributed by atoms with Crippen molar-refractivity contribution >= 4 is 39.0 Å². The van der Waals surface area contributed by atoms with E-state index in [9.17, 15) is 0 Å². The topological polar surface area (TPSA) is 16.4 Å². The van der Waals surface area contributed by atoms with Crippen molar-refractivity contribution in [2.75, 3.05) is 4.90 Å². The molecule has 10 aromatic rings. The molecule has 13 rings (SSSR count). The maximum absolute atomic E-state index is 6.95. The quantitative estimate of drug-likeness (QED) is 0.172. The minimum absolute atomic E-state index is 0.132. The average molecular weight is 804 g/mol. The Kier molecular flexibility index (Phi) is 7.98. The highest BCUT2D eigenvalue weighted by atomic mass is 16.3. The fourth-order valence-corrected chi connectivity index (χ4v) is 11.4. The summed E-state index contributed by atoms with van der Waals surface area (Å²) >= 11 is 0. The molecule has 1 spiro atoms. The van der Waals surface area contributed by atoms with Gasteiger partial charge in [0.05, 0.1) is 16.8 Å². The molecule has 3 aliphatic rings. The van der Waals surface area contributed by atoms with Crippen LogP contribution >= 0.6 is 0 Å². The lowest BCUT2D eigenvalue weighted by atomic mass is 9.66. The molecule has 0 bridgehead atoms. The summed E-state index contributed by atoms with van der Waals surface area (Å²) < 4.78 is 6.95. The number of hydrogen-bond acceptors (Lipinski definition) is 2. The molecule has 0 fully saturated rings. The molecular weight excluding hydrogens is 763 g/mol. The number of fused-ring (bicyclic) bond motifs is 16. The van der Waals surface area contributed by atoms with Crippen molar-refractivity contribution in [3.63, 3.8) is 0 Å². The number of rotatable bonds is 5. The lowest BCUT2D eigenvalue weighted by Gasteiger charge is -2.37. The Balaban J connectivity index is 1.17. The van der Waals surface area contributed by atoms with Crippen LogP contribution in [0.1, 0.15) is 45.2 Å². The summed E-state index contributed by atoms with van der Waals surface area (Å²) in [6, 6.07) is 78.3. The van der Waals surface area contributed by atoms with Crippen LogP contribution in [0.2, 0.25) is 0 Å². The van der Waals surface area contributed by atoms with Gasteiger partial charge in [-0.3, -0.25) is 0 Å². The van der Waals surface area contributed by atoms with Gasteiger partial charge in [0.25, 0.3) is 0 Å². The molecule has 3 unspecified atom stereocenters. The van der Waals surface area contributed by atoms with Crippen molar-refractivity contribution in [2.24, 2.45) is 0 Å². The van der Waals surface area contributed by atoms with Crippen LogP contribution < -0.4 is 4.90 Å². The molecular formula is C61H41NO. The van der Waals surface area contributed by atoms with Gasteiger partial charge in [-0.25, -0.2) is 0 Å². The van der Waals surface area contributed by atoms with Gasteiger partial charge in [0, 0.05) is 45.0 Å². The van der Waals surface area contributed by atoms with Crippen LogP contribution in [-0.4, -0.2) is 0 Å². The van der Waals surface area contributed by atoms with Crippen molar-refractivity contribution in [1.82, 2.24) is 0 Å². The molecule has 1 heterocycles. The van der Waals surface area contributed by atoms with Crippen molar-refractivity contribution in [3.05, 3.63) is 270 Å². The molecule has 3 aliphatic carbocycles. The number of allylic oxidation sites excluding steroid dienone is 4. The Morgan fingerprint density at radius 1 is 0.397 bits per heavy atom. The molecule has 0 saturated carbocycles. The van der Waals surface area contributed by atoms with Gasteiger partial charge >= 0.3 is 0 Å². The van der Waals surface area contributed by atoms with E-state index in [1.807, 2.05) is 0 Å². The highest BCUT2D eigenvalue weighted by Crippen LogP contribution is 2.63. The minimum Gasteiger partial charge on any atom is -0.455 e. The zero-order valence-corrected chi connectivity index (χ0v) is 34.5. The highest BCUT2D eigenvalue weighted by molar-refractivity contribution is 6.12. The zero-order chi connectivity index (χ0) is 41.5. The van der Waals surface area contributed by atoms with Crippen LogP contribution in [0.3, 0.4) is 0 Å². The third-order valence-electron chi connectivity index (χ3n) is 13.9. The third kappa shape index (κ3) is 5.19. The van der Waals surface area contributed by atoms with Crippen molar-refractivity contribution in [2.45, 2.75) is 17.3 Å². The second-order valence-corrected chi connectivity index (χ2v) is 17.0. The molecule has 0 N–H and O–H groups in total. The Morgan fingerprint density at radius 3 is 1.65 bits per heavy atom. The van der Waals surface area contributed by atoms with E-state index >= 15 is 0 Å². The molecule has 9 aromatic carbocycles. The van der Waals surface area contributed by atoms with Gasteiger partial charge in [-0.1, -0.05) is 206 Å². The summed E-state index contributed by atoms with van der Waals surface area (Å²) in [5.74, 6) is 0.294. The standard InChI is InChI=1S/C61H41NO/c1-3-19-40(20-4-1)43-23-11-16-32-56(43)62(57-33-17-12-24-44(57)41-21-5-2-6-22-41)42-35-36-48-46-26-8-7-25-45(46)47-27-9-14-30-52(47)61(55(48)39-42)53-31-15-10-29-51(53)59-54(61)38-37-50-49-28-13-18-34-58(49)63-60(50)59/h1-39,45-46H. The van der Waals surface area contributed by atoms with E-state index in [1.54, 1.807) is 0 Å². The number of benzene rings is 9. The van der Waals surface area contributed by atoms with Crippen molar-refractivity contribution in [3.8, 4) is 33.4 Å². The SMILES string of the molecule is C1=CC2c3ccccc3C3(c4ccccc4-c4c3ccc3c4oc4ccccc43)c3cc(N(c4ccccc4-c4ccccc4)c4ccccc4-c4ccccc4)ccc3C2C=C1. The van der Waals surface area contributed by atoms with Gasteiger partial charge in [-0.2, -0.15) is 0 Å². The van der Waals surface area contributed by atoms with Crippen LogP contribution in [0, 0.1) is 0 Å². The van der Waals surface area contributed by atoms with E-state index in [-0.39, 0.29) is 11.8 Å². The fraction of sp³-hybridized carbons (Fsp3) is 0.0492.